The van der Waals surface area contributed by atoms with Gasteiger partial charge in [0.05, 0.1) is 22.2 Å². The Morgan fingerprint density at radius 2 is 2.05 bits per heavy atom. The average Bonchev–Trinajstić information content (AvgIpc) is 2.42. The lowest BCUT2D eigenvalue weighted by molar-refractivity contribution is -0.152. The summed E-state index contributed by atoms with van der Waals surface area (Å²) in [5.41, 5.74) is 1.42. The van der Waals surface area contributed by atoms with E-state index >= 15 is 0 Å². The van der Waals surface area contributed by atoms with E-state index in [4.69, 9.17) is 32.8 Å². The molecule has 4 nitrogen and oxygen atoms in total. The monoisotopic (exact) mass is 329 g/mol. The van der Waals surface area contributed by atoms with E-state index in [0.717, 1.165) is 24.8 Å². The molecule has 0 radical (unpaired) electrons. The molecule has 0 spiro atoms. The molecule has 0 unspecified atom stereocenters. The summed E-state index contributed by atoms with van der Waals surface area (Å²) < 4.78 is 5.31. The molecule has 0 aromatic heterocycles. The van der Waals surface area contributed by atoms with Gasteiger partial charge in [0.1, 0.15) is 13.2 Å². The number of benzene rings is 1. The van der Waals surface area contributed by atoms with Crippen molar-refractivity contribution in [2.75, 3.05) is 7.11 Å². The van der Waals surface area contributed by atoms with Crippen LogP contribution in [-0.2, 0) is 14.4 Å². The largest absolute Gasteiger partial charge is 0.462 e. The van der Waals surface area contributed by atoms with E-state index in [-0.39, 0.29) is 18.5 Å². The zero-order chi connectivity index (χ0) is 15.2. The fourth-order valence-electron chi connectivity index (χ4n) is 1.98. The fraction of sp³-hybridized carbons (Fsp3) is 0.467. The van der Waals surface area contributed by atoms with E-state index in [0.29, 0.717) is 22.2 Å². The third kappa shape index (κ3) is 4.61. The first-order valence-electron chi connectivity index (χ1n) is 6.85. The smallest absolute Gasteiger partial charge is 0.306 e. The van der Waals surface area contributed by atoms with Crippen LogP contribution in [0.15, 0.2) is 23.4 Å². The Kier molecular flexibility index (Phi) is 5.88. The summed E-state index contributed by atoms with van der Waals surface area (Å²) in [4.78, 5) is 16.6. The van der Waals surface area contributed by atoms with Gasteiger partial charge in [0.15, 0.2) is 0 Å². The first kappa shape index (κ1) is 16.1. The van der Waals surface area contributed by atoms with Crippen molar-refractivity contribution in [2.24, 2.45) is 5.16 Å². The van der Waals surface area contributed by atoms with Gasteiger partial charge in [0.25, 0.3) is 0 Å². The number of hydrogen-bond acceptors (Lipinski definition) is 4. The van der Waals surface area contributed by atoms with Gasteiger partial charge < -0.3 is 9.57 Å². The predicted octanol–water partition coefficient (Wildman–Crippen LogP) is 4.22. The van der Waals surface area contributed by atoms with E-state index < -0.39 is 0 Å². The quantitative estimate of drug-likeness (QED) is 0.446. The standard InChI is InChI=1S/C15H17Cl2NO3/c1-20-18-14(10-5-6-12(16)13(17)9-10)7-8-15(19)21-11-3-2-4-11/h5-6,9,11H,2-4,7-8H2,1H3/b18-14-. The van der Waals surface area contributed by atoms with Gasteiger partial charge in [-0.1, -0.05) is 34.4 Å². The van der Waals surface area contributed by atoms with Crippen LogP contribution in [0.3, 0.4) is 0 Å². The molecule has 1 fully saturated rings. The number of ether oxygens (including phenoxy) is 1. The second-order valence-electron chi connectivity index (χ2n) is 4.89. The van der Waals surface area contributed by atoms with Crippen LogP contribution in [0, 0.1) is 0 Å². The zero-order valence-electron chi connectivity index (χ0n) is 11.8. The number of carbonyl (C=O) groups excluding carboxylic acids is 1. The van der Waals surface area contributed by atoms with E-state index in [2.05, 4.69) is 5.16 Å². The second-order valence-corrected chi connectivity index (χ2v) is 5.71. The van der Waals surface area contributed by atoms with E-state index in [1.165, 1.54) is 7.11 Å². The molecule has 6 heteroatoms. The Hall–Kier alpha value is -1.26. The molecule has 1 saturated carbocycles. The molecule has 114 valence electrons. The Morgan fingerprint density at radius 1 is 1.29 bits per heavy atom. The summed E-state index contributed by atoms with van der Waals surface area (Å²) in [5.74, 6) is -0.205. The van der Waals surface area contributed by atoms with E-state index in [1.54, 1.807) is 18.2 Å². The normalized spacial score (nSPS) is 15.5. The highest BCUT2D eigenvalue weighted by atomic mass is 35.5. The summed E-state index contributed by atoms with van der Waals surface area (Å²) in [6.07, 6.45) is 3.87. The number of carbonyl (C=O) groups is 1. The molecule has 0 amide bonds. The Balaban J connectivity index is 1.96. The number of hydrogen-bond donors (Lipinski definition) is 0. The molecule has 0 saturated heterocycles. The lowest BCUT2D eigenvalue weighted by atomic mass is 9.96. The summed E-state index contributed by atoms with van der Waals surface area (Å²) in [7, 11) is 1.46. The van der Waals surface area contributed by atoms with Crippen molar-refractivity contribution in [3.05, 3.63) is 33.8 Å². The van der Waals surface area contributed by atoms with E-state index in [1.807, 2.05) is 0 Å². The summed E-state index contributed by atoms with van der Waals surface area (Å²) in [6, 6.07) is 5.19. The maximum absolute atomic E-state index is 11.7. The van der Waals surface area contributed by atoms with Gasteiger partial charge in [-0.2, -0.15) is 0 Å². The first-order valence-corrected chi connectivity index (χ1v) is 7.60. The molecule has 2 rings (SSSR count). The van der Waals surface area contributed by atoms with Gasteiger partial charge in [0, 0.05) is 12.0 Å². The highest BCUT2D eigenvalue weighted by molar-refractivity contribution is 6.42. The van der Waals surface area contributed by atoms with Crippen LogP contribution in [0.4, 0.5) is 0 Å². The van der Waals surface area contributed by atoms with Gasteiger partial charge >= 0.3 is 5.97 Å². The molecule has 1 aromatic rings. The van der Waals surface area contributed by atoms with Crippen LogP contribution >= 0.6 is 23.2 Å². The molecule has 0 N–H and O–H groups in total. The van der Waals surface area contributed by atoms with Crippen molar-refractivity contribution in [1.82, 2.24) is 0 Å². The molecule has 0 aliphatic heterocycles. The Bertz CT molecular complexity index is 542. The van der Waals surface area contributed by atoms with Crippen LogP contribution in [0.2, 0.25) is 10.0 Å². The minimum Gasteiger partial charge on any atom is -0.462 e. The van der Waals surface area contributed by atoms with Crippen LogP contribution in [-0.4, -0.2) is 24.9 Å². The Morgan fingerprint density at radius 3 is 2.62 bits per heavy atom. The lowest BCUT2D eigenvalue weighted by Crippen LogP contribution is -2.25. The highest BCUT2D eigenvalue weighted by Gasteiger charge is 2.21. The van der Waals surface area contributed by atoms with Crippen molar-refractivity contribution < 1.29 is 14.4 Å². The second kappa shape index (κ2) is 7.66. The van der Waals surface area contributed by atoms with Gasteiger partial charge in [-0.05, 0) is 31.4 Å². The maximum Gasteiger partial charge on any atom is 0.306 e. The highest BCUT2D eigenvalue weighted by Crippen LogP contribution is 2.25. The average molecular weight is 330 g/mol. The summed E-state index contributed by atoms with van der Waals surface area (Å²) in [5, 5.41) is 4.87. The lowest BCUT2D eigenvalue weighted by Gasteiger charge is -2.25. The van der Waals surface area contributed by atoms with Gasteiger partial charge in [-0.15, -0.1) is 0 Å². The predicted molar refractivity (Wildman–Crippen MR) is 83.0 cm³/mol. The van der Waals surface area contributed by atoms with Crippen molar-refractivity contribution in [2.45, 2.75) is 38.2 Å². The van der Waals surface area contributed by atoms with E-state index in [9.17, 15) is 4.79 Å². The molecule has 1 aromatic carbocycles. The number of nitrogens with zero attached hydrogens (tertiary/aromatic N) is 1. The molecule has 21 heavy (non-hydrogen) atoms. The summed E-state index contributed by atoms with van der Waals surface area (Å²) in [6.45, 7) is 0. The molecular formula is C15H17Cl2NO3. The molecule has 1 aliphatic rings. The minimum absolute atomic E-state index is 0.102. The first-order chi connectivity index (χ1) is 10.1. The van der Waals surface area contributed by atoms with Crippen LogP contribution in [0.25, 0.3) is 0 Å². The summed E-state index contributed by atoms with van der Waals surface area (Å²) >= 11 is 11.9. The van der Waals surface area contributed by atoms with Crippen LogP contribution in [0.5, 0.6) is 0 Å². The van der Waals surface area contributed by atoms with Crippen LogP contribution in [0.1, 0.15) is 37.7 Å². The maximum atomic E-state index is 11.7. The fourth-order valence-corrected chi connectivity index (χ4v) is 2.28. The van der Waals surface area contributed by atoms with Gasteiger partial charge in [0.2, 0.25) is 0 Å². The van der Waals surface area contributed by atoms with Gasteiger partial charge in [-0.25, -0.2) is 0 Å². The topological polar surface area (TPSA) is 47.9 Å². The number of rotatable bonds is 6. The molecular weight excluding hydrogens is 313 g/mol. The van der Waals surface area contributed by atoms with Crippen LogP contribution < -0.4 is 0 Å². The van der Waals surface area contributed by atoms with Gasteiger partial charge in [-0.3, -0.25) is 4.79 Å². The third-order valence-corrected chi connectivity index (χ3v) is 4.11. The number of oxime groups is 1. The molecule has 0 atom stereocenters. The van der Waals surface area contributed by atoms with Crippen molar-refractivity contribution in [3.63, 3.8) is 0 Å². The zero-order valence-corrected chi connectivity index (χ0v) is 13.3. The minimum atomic E-state index is -0.205. The third-order valence-electron chi connectivity index (χ3n) is 3.37. The molecule has 0 bridgehead atoms. The SMILES string of the molecule is CO/N=C(/CCC(=O)OC1CCC1)c1ccc(Cl)c(Cl)c1. The molecule has 1 aliphatic carbocycles. The number of halogens is 2. The number of esters is 1. The molecule has 0 heterocycles. The van der Waals surface area contributed by atoms with Crippen molar-refractivity contribution in [3.8, 4) is 0 Å². The Labute approximate surface area is 134 Å². The van der Waals surface area contributed by atoms with Crippen molar-refractivity contribution >= 4 is 34.9 Å². The van der Waals surface area contributed by atoms with Crippen molar-refractivity contribution in [1.29, 1.82) is 0 Å².